The maximum atomic E-state index is 12.6. The van der Waals surface area contributed by atoms with E-state index >= 15 is 0 Å². The van der Waals surface area contributed by atoms with Gasteiger partial charge < -0.3 is 0 Å². The van der Waals surface area contributed by atoms with Gasteiger partial charge in [0.05, 0.1) is 0 Å². The maximum absolute atomic E-state index is 12.6. The minimum atomic E-state index is -3.35. The third-order valence-electron chi connectivity index (χ3n) is 3.64. The Morgan fingerprint density at radius 1 is 1.15 bits per heavy atom. The largest absolute Gasteiger partial charge is 0.282 e. The molecule has 0 radical (unpaired) electrons. The summed E-state index contributed by atoms with van der Waals surface area (Å²) in [4.78, 5) is 0. The number of hydrogen-bond donors (Lipinski definition) is 0. The standard InChI is InChI=1S/C14H21BrN2O2S/c1-16(12-13-8-4-5-9-14(13)15)20(18,19)17-10-6-2-3-7-11-17/h4-5,8-9H,2-3,6-7,10-12H2,1H3. The quantitative estimate of drug-likeness (QED) is 0.827. The molecule has 0 aromatic heterocycles. The molecular weight excluding hydrogens is 340 g/mol. The summed E-state index contributed by atoms with van der Waals surface area (Å²) in [6, 6.07) is 7.73. The number of rotatable bonds is 4. The second-order valence-corrected chi connectivity index (χ2v) is 8.06. The zero-order chi connectivity index (χ0) is 14.6. The summed E-state index contributed by atoms with van der Waals surface area (Å²) in [7, 11) is -1.70. The predicted molar refractivity (Wildman–Crippen MR) is 84.6 cm³/mol. The molecule has 0 bridgehead atoms. The third-order valence-corrected chi connectivity index (χ3v) is 6.34. The summed E-state index contributed by atoms with van der Waals surface area (Å²) in [5, 5.41) is 0. The van der Waals surface area contributed by atoms with Crippen LogP contribution in [0.3, 0.4) is 0 Å². The van der Waals surface area contributed by atoms with Crippen molar-refractivity contribution in [2.45, 2.75) is 32.2 Å². The van der Waals surface area contributed by atoms with Crippen LogP contribution in [-0.4, -0.2) is 37.2 Å². The Bertz CT molecular complexity index is 540. The van der Waals surface area contributed by atoms with Crippen molar-refractivity contribution in [3.63, 3.8) is 0 Å². The fourth-order valence-electron chi connectivity index (χ4n) is 2.42. The van der Waals surface area contributed by atoms with Crippen molar-refractivity contribution in [3.05, 3.63) is 34.3 Å². The zero-order valence-electron chi connectivity index (χ0n) is 11.8. The first-order valence-electron chi connectivity index (χ1n) is 6.96. The lowest BCUT2D eigenvalue weighted by Crippen LogP contribution is -2.42. The molecule has 6 heteroatoms. The Labute approximate surface area is 130 Å². The number of benzene rings is 1. The van der Waals surface area contributed by atoms with Gasteiger partial charge in [-0.2, -0.15) is 17.0 Å². The maximum Gasteiger partial charge on any atom is 0.282 e. The van der Waals surface area contributed by atoms with E-state index in [0.29, 0.717) is 19.6 Å². The predicted octanol–water partition coefficient (Wildman–Crippen LogP) is 3.00. The Morgan fingerprint density at radius 3 is 2.35 bits per heavy atom. The van der Waals surface area contributed by atoms with Crippen LogP contribution in [0.25, 0.3) is 0 Å². The van der Waals surface area contributed by atoms with Gasteiger partial charge in [-0.3, -0.25) is 0 Å². The Balaban J connectivity index is 2.10. The van der Waals surface area contributed by atoms with E-state index in [2.05, 4.69) is 15.9 Å². The van der Waals surface area contributed by atoms with Crippen LogP contribution in [0.5, 0.6) is 0 Å². The van der Waals surface area contributed by atoms with E-state index in [1.165, 1.54) is 4.31 Å². The molecule has 0 N–H and O–H groups in total. The molecule has 2 rings (SSSR count). The van der Waals surface area contributed by atoms with Crippen LogP contribution in [0.4, 0.5) is 0 Å². The molecule has 1 fully saturated rings. The molecule has 0 saturated carbocycles. The van der Waals surface area contributed by atoms with Gasteiger partial charge in [0.15, 0.2) is 0 Å². The highest BCUT2D eigenvalue weighted by molar-refractivity contribution is 9.10. The van der Waals surface area contributed by atoms with E-state index < -0.39 is 10.2 Å². The smallest absolute Gasteiger partial charge is 0.195 e. The Kier molecular flexibility index (Phi) is 5.60. The molecule has 1 aliphatic heterocycles. The van der Waals surface area contributed by atoms with Gasteiger partial charge in [0, 0.05) is 31.2 Å². The van der Waals surface area contributed by atoms with Gasteiger partial charge in [-0.1, -0.05) is 47.0 Å². The molecule has 1 saturated heterocycles. The van der Waals surface area contributed by atoms with Gasteiger partial charge in [0.25, 0.3) is 10.2 Å². The summed E-state index contributed by atoms with van der Waals surface area (Å²) < 4.78 is 29.2. The van der Waals surface area contributed by atoms with E-state index in [-0.39, 0.29) is 0 Å². The number of nitrogens with zero attached hydrogens (tertiary/aromatic N) is 2. The number of hydrogen-bond acceptors (Lipinski definition) is 2. The highest BCUT2D eigenvalue weighted by Gasteiger charge is 2.27. The minimum Gasteiger partial charge on any atom is -0.195 e. The van der Waals surface area contributed by atoms with Crippen LogP contribution in [0, 0.1) is 0 Å². The van der Waals surface area contributed by atoms with Gasteiger partial charge in [0.1, 0.15) is 0 Å². The minimum absolute atomic E-state index is 0.389. The van der Waals surface area contributed by atoms with E-state index in [0.717, 1.165) is 35.7 Å². The van der Waals surface area contributed by atoms with Crippen LogP contribution >= 0.6 is 15.9 Å². The third kappa shape index (κ3) is 3.81. The fourth-order valence-corrected chi connectivity index (χ4v) is 4.24. The lowest BCUT2D eigenvalue weighted by molar-refractivity contribution is 0.363. The molecule has 4 nitrogen and oxygen atoms in total. The first-order chi connectivity index (χ1) is 9.51. The highest BCUT2D eigenvalue weighted by atomic mass is 79.9. The van der Waals surface area contributed by atoms with Crippen LogP contribution < -0.4 is 0 Å². The lowest BCUT2D eigenvalue weighted by atomic mass is 10.2. The zero-order valence-corrected chi connectivity index (χ0v) is 14.2. The molecule has 20 heavy (non-hydrogen) atoms. The molecule has 0 atom stereocenters. The molecule has 1 heterocycles. The van der Waals surface area contributed by atoms with Crippen molar-refractivity contribution in [2.24, 2.45) is 0 Å². The summed E-state index contributed by atoms with van der Waals surface area (Å²) >= 11 is 3.46. The molecule has 1 aromatic carbocycles. The average molecular weight is 361 g/mol. The molecule has 1 aliphatic rings. The van der Waals surface area contributed by atoms with Gasteiger partial charge in [-0.25, -0.2) is 0 Å². The van der Waals surface area contributed by atoms with Crippen molar-refractivity contribution >= 4 is 26.1 Å². The number of halogens is 1. The van der Waals surface area contributed by atoms with Crippen molar-refractivity contribution in [1.82, 2.24) is 8.61 Å². The molecule has 0 unspecified atom stereocenters. The monoisotopic (exact) mass is 360 g/mol. The van der Waals surface area contributed by atoms with Gasteiger partial charge in [-0.15, -0.1) is 0 Å². The van der Waals surface area contributed by atoms with Crippen LogP contribution in [-0.2, 0) is 16.8 Å². The van der Waals surface area contributed by atoms with Crippen molar-refractivity contribution in [2.75, 3.05) is 20.1 Å². The topological polar surface area (TPSA) is 40.6 Å². The fraction of sp³-hybridized carbons (Fsp3) is 0.571. The van der Waals surface area contributed by atoms with Gasteiger partial charge in [-0.05, 0) is 24.5 Å². The van der Waals surface area contributed by atoms with Crippen molar-refractivity contribution in [3.8, 4) is 0 Å². The molecule has 0 spiro atoms. The average Bonchev–Trinajstić information content (AvgIpc) is 2.70. The second-order valence-electron chi connectivity index (χ2n) is 5.17. The molecule has 112 valence electrons. The molecular formula is C14H21BrN2O2S. The Morgan fingerprint density at radius 2 is 1.75 bits per heavy atom. The van der Waals surface area contributed by atoms with E-state index in [4.69, 9.17) is 0 Å². The molecule has 1 aromatic rings. The lowest BCUT2D eigenvalue weighted by Gasteiger charge is -2.26. The van der Waals surface area contributed by atoms with Gasteiger partial charge in [0.2, 0.25) is 0 Å². The Hall–Kier alpha value is -0.430. The van der Waals surface area contributed by atoms with Crippen molar-refractivity contribution in [1.29, 1.82) is 0 Å². The first kappa shape index (κ1) is 15.9. The normalized spacial score (nSPS) is 18.1. The van der Waals surface area contributed by atoms with Crippen LogP contribution in [0.1, 0.15) is 31.2 Å². The van der Waals surface area contributed by atoms with Crippen LogP contribution in [0.2, 0.25) is 0 Å². The molecule has 0 amide bonds. The molecule has 0 aliphatic carbocycles. The second kappa shape index (κ2) is 7.02. The van der Waals surface area contributed by atoms with E-state index in [9.17, 15) is 8.42 Å². The first-order valence-corrected chi connectivity index (χ1v) is 9.15. The van der Waals surface area contributed by atoms with Crippen LogP contribution in [0.15, 0.2) is 28.7 Å². The van der Waals surface area contributed by atoms with Gasteiger partial charge >= 0.3 is 0 Å². The summed E-state index contributed by atoms with van der Waals surface area (Å²) in [6.45, 7) is 1.67. The van der Waals surface area contributed by atoms with E-state index in [1.54, 1.807) is 11.4 Å². The summed E-state index contributed by atoms with van der Waals surface area (Å²) in [5.41, 5.74) is 0.980. The SMILES string of the molecule is CN(Cc1ccccc1Br)S(=O)(=O)N1CCCCCC1. The van der Waals surface area contributed by atoms with E-state index in [1.807, 2.05) is 24.3 Å². The highest BCUT2D eigenvalue weighted by Crippen LogP contribution is 2.21. The summed E-state index contributed by atoms with van der Waals surface area (Å²) in [6.07, 6.45) is 4.17. The summed E-state index contributed by atoms with van der Waals surface area (Å²) in [5.74, 6) is 0. The van der Waals surface area contributed by atoms with Crippen molar-refractivity contribution < 1.29 is 8.42 Å².